The second-order valence-electron chi connectivity index (χ2n) is 3.48. The van der Waals surface area contributed by atoms with Gasteiger partial charge in [-0.05, 0) is 31.6 Å². The fourth-order valence-electron chi connectivity index (χ4n) is 1.12. The molecule has 0 N–H and O–H groups in total. The van der Waals surface area contributed by atoms with Crippen molar-refractivity contribution in [3.8, 4) is 0 Å². The van der Waals surface area contributed by atoms with Crippen molar-refractivity contribution in [3.63, 3.8) is 0 Å². The van der Waals surface area contributed by atoms with Crippen molar-refractivity contribution in [2.45, 2.75) is 33.6 Å². The average molecular weight is 152 g/mol. The van der Waals surface area contributed by atoms with E-state index in [1.54, 1.807) is 0 Å². The Labute approximate surface area is 71.0 Å². The van der Waals surface area contributed by atoms with E-state index in [9.17, 15) is 0 Å². The predicted molar refractivity (Wildman–Crippen MR) is 52.6 cm³/mol. The van der Waals surface area contributed by atoms with Crippen molar-refractivity contribution in [3.05, 3.63) is 24.8 Å². The summed E-state index contributed by atoms with van der Waals surface area (Å²) in [5.74, 6) is 1.39. The molecule has 0 rings (SSSR count). The Morgan fingerprint density at radius 1 is 1.45 bits per heavy atom. The van der Waals surface area contributed by atoms with E-state index in [-0.39, 0.29) is 0 Å². The van der Waals surface area contributed by atoms with E-state index >= 15 is 0 Å². The molecule has 2 unspecified atom stereocenters. The largest absolute Gasteiger partial charge is 0.103 e. The molecule has 0 aliphatic rings. The van der Waals surface area contributed by atoms with E-state index in [1.165, 1.54) is 12.0 Å². The first kappa shape index (κ1) is 10.5. The fraction of sp³-hybridized carbons (Fsp3) is 0.636. The van der Waals surface area contributed by atoms with Gasteiger partial charge in [-0.25, -0.2) is 0 Å². The molecular weight excluding hydrogens is 132 g/mol. The molecule has 0 heterocycles. The summed E-state index contributed by atoms with van der Waals surface area (Å²) in [6.45, 7) is 14.3. The zero-order valence-electron chi connectivity index (χ0n) is 8.06. The monoisotopic (exact) mass is 152 g/mol. The number of hydrogen-bond acceptors (Lipinski definition) is 0. The standard InChI is InChI=1S/C11H20/c1-6-7-8-10(4)11(5)9(2)3/h6,10-11H,1-2,7-8H2,3-5H3. The minimum absolute atomic E-state index is 0.648. The van der Waals surface area contributed by atoms with Gasteiger partial charge >= 0.3 is 0 Å². The summed E-state index contributed by atoms with van der Waals surface area (Å²) in [5, 5.41) is 0. The molecule has 2 atom stereocenters. The molecule has 0 aromatic heterocycles. The van der Waals surface area contributed by atoms with Gasteiger partial charge in [-0.3, -0.25) is 0 Å². The van der Waals surface area contributed by atoms with Crippen LogP contribution in [0.2, 0.25) is 0 Å². The van der Waals surface area contributed by atoms with Gasteiger partial charge in [-0.1, -0.05) is 32.1 Å². The van der Waals surface area contributed by atoms with Crippen LogP contribution in [0.25, 0.3) is 0 Å². The molecule has 0 fully saturated rings. The maximum atomic E-state index is 3.96. The predicted octanol–water partition coefficient (Wildman–Crippen LogP) is 3.80. The molecule has 0 saturated carbocycles. The molecule has 0 amide bonds. The topological polar surface area (TPSA) is 0 Å². The molecule has 64 valence electrons. The lowest BCUT2D eigenvalue weighted by molar-refractivity contribution is 0.415. The lowest BCUT2D eigenvalue weighted by Crippen LogP contribution is -2.08. The van der Waals surface area contributed by atoms with Crippen molar-refractivity contribution in [1.82, 2.24) is 0 Å². The third kappa shape index (κ3) is 4.02. The van der Waals surface area contributed by atoms with Crippen LogP contribution in [0.3, 0.4) is 0 Å². The number of rotatable bonds is 5. The Hall–Kier alpha value is -0.520. The maximum absolute atomic E-state index is 3.96. The Balaban J connectivity index is 3.72. The third-order valence-corrected chi connectivity index (χ3v) is 2.46. The summed E-state index contributed by atoms with van der Waals surface area (Å²) in [4.78, 5) is 0. The Morgan fingerprint density at radius 3 is 2.36 bits per heavy atom. The number of hydrogen-bond donors (Lipinski definition) is 0. The van der Waals surface area contributed by atoms with Crippen molar-refractivity contribution >= 4 is 0 Å². The first-order valence-corrected chi connectivity index (χ1v) is 4.36. The number of allylic oxidation sites excluding steroid dienone is 2. The van der Waals surface area contributed by atoms with Gasteiger partial charge in [0.25, 0.3) is 0 Å². The van der Waals surface area contributed by atoms with Gasteiger partial charge in [0, 0.05) is 0 Å². The van der Waals surface area contributed by atoms with Crippen molar-refractivity contribution in [2.24, 2.45) is 11.8 Å². The van der Waals surface area contributed by atoms with Crippen LogP contribution in [0.4, 0.5) is 0 Å². The minimum Gasteiger partial charge on any atom is -0.103 e. The second kappa shape index (κ2) is 5.17. The first-order chi connectivity index (χ1) is 5.09. The highest BCUT2D eigenvalue weighted by atomic mass is 14.2. The van der Waals surface area contributed by atoms with E-state index < -0.39 is 0 Å². The Morgan fingerprint density at radius 2 is 2.00 bits per heavy atom. The molecule has 0 aromatic carbocycles. The van der Waals surface area contributed by atoms with Crippen LogP contribution < -0.4 is 0 Å². The van der Waals surface area contributed by atoms with E-state index in [4.69, 9.17) is 0 Å². The van der Waals surface area contributed by atoms with Gasteiger partial charge in [0.1, 0.15) is 0 Å². The Bertz CT molecular complexity index is 133. The van der Waals surface area contributed by atoms with E-state index in [0.717, 1.165) is 12.3 Å². The lowest BCUT2D eigenvalue weighted by atomic mass is 9.87. The first-order valence-electron chi connectivity index (χ1n) is 4.36. The zero-order valence-corrected chi connectivity index (χ0v) is 8.06. The van der Waals surface area contributed by atoms with Crippen LogP contribution in [0.5, 0.6) is 0 Å². The second-order valence-corrected chi connectivity index (χ2v) is 3.48. The minimum atomic E-state index is 0.648. The summed E-state index contributed by atoms with van der Waals surface area (Å²) >= 11 is 0. The molecule has 0 saturated heterocycles. The van der Waals surface area contributed by atoms with Gasteiger partial charge in [0.15, 0.2) is 0 Å². The summed E-state index contributed by atoms with van der Waals surface area (Å²) in [6.07, 6.45) is 4.35. The smallest absolute Gasteiger partial charge is 0.0211 e. The van der Waals surface area contributed by atoms with Crippen LogP contribution in [0.15, 0.2) is 24.8 Å². The van der Waals surface area contributed by atoms with Gasteiger partial charge in [-0.2, -0.15) is 0 Å². The molecule has 0 nitrogen and oxygen atoms in total. The summed E-state index contributed by atoms with van der Waals surface area (Å²) in [7, 11) is 0. The van der Waals surface area contributed by atoms with E-state index in [2.05, 4.69) is 33.9 Å². The molecule has 0 spiro atoms. The zero-order chi connectivity index (χ0) is 8.85. The van der Waals surface area contributed by atoms with Crippen LogP contribution in [0, 0.1) is 11.8 Å². The molecule has 0 aliphatic heterocycles. The van der Waals surface area contributed by atoms with Crippen molar-refractivity contribution < 1.29 is 0 Å². The van der Waals surface area contributed by atoms with Gasteiger partial charge in [0.05, 0.1) is 0 Å². The van der Waals surface area contributed by atoms with Gasteiger partial charge in [0.2, 0.25) is 0 Å². The molecular formula is C11H20. The van der Waals surface area contributed by atoms with Crippen LogP contribution in [-0.4, -0.2) is 0 Å². The van der Waals surface area contributed by atoms with Crippen LogP contribution in [0.1, 0.15) is 33.6 Å². The van der Waals surface area contributed by atoms with E-state index in [0.29, 0.717) is 5.92 Å². The molecule has 0 aromatic rings. The molecule has 11 heavy (non-hydrogen) atoms. The molecule has 0 aliphatic carbocycles. The normalized spacial score (nSPS) is 15.5. The highest BCUT2D eigenvalue weighted by molar-refractivity contribution is 4.96. The maximum Gasteiger partial charge on any atom is -0.0211 e. The Kier molecular flexibility index (Phi) is 4.93. The van der Waals surface area contributed by atoms with Crippen LogP contribution >= 0.6 is 0 Å². The van der Waals surface area contributed by atoms with Crippen LogP contribution in [-0.2, 0) is 0 Å². The van der Waals surface area contributed by atoms with E-state index in [1.807, 2.05) is 6.08 Å². The highest BCUT2D eigenvalue weighted by Gasteiger charge is 2.10. The van der Waals surface area contributed by atoms with Crippen molar-refractivity contribution in [2.75, 3.05) is 0 Å². The molecule has 0 heteroatoms. The molecule has 0 bridgehead atoms. The SMILES string of the molecule is C=CCCC(C)C(C)C(=C)C. The lowest BCUT2D eigenvalue weighted by Gasteiger charge is -2.18. The van der Waals surface area contributed by atoms with Crippen molar-refractivity contribution in [1.29, 1.82) is 0 Å². The molecule has 0 radical (unpaired) electrons. The summed E-state index contributed by atoms with van der Waals surface area (Å²) in [5.41, 5.74) is 1.29. The quantitative estimate of drug-likeness (QED) is 0.526. The van der Waals surface area contributed by atoms with Gasteiger partial charge < -0.3 is 0 Å². The van der Waals surface area contributed by atoms with Gasteiger partial charge in [-0.15, -0.1) is 6.58 Å². The fourth-order valence-corrected chi connectivity index (χ4v) is 1.12. The summed E-state index contributed by atoms with van der Waals surface area (Å²) < 4.78 is 0. The highest BCUT2D eigenvalue weighted by Crippen LogP contribution is 2.22. The third-order valence-electron chi connectivity index (χ3n) is 2.46. The summed E-state index contributed by atoms with van der Waals surface area (Å²) in [6, 6.07) is 0. The average Bonchev–Trinajstić information content (AvgIpc) is 1.98.